The molecule has 0 spiro atoms. The number of hydrogen-bond donors (Lipinski definition) is 1. The zero-order valence-corrected chi connectivity index (χ0v) is 9.80. The van der Waals surface area contributed by atoms with E-state index in [2.05, 4.69) is 22.0 Å². The summed E-state index contributed by atoms with van der Waals surface area (Å²) in [5, 5.41) is 8.80. The third-order valence-electron chi connectivity index (χ3n) is 3.16. The summed E-state index contributed by atoms with van der Waals surface area (Å²) in [7, 11) is 0. The summed E-state index contributed by atoms with van der Waals surface area (Å²) < 4.78 is 0. The number of pyridine rings is 1. The van der Waals surface area contributed by atoms with Crippen LogP contribution in [0.25, 0.3) is 0 Å². The Balaban J connectivity index is 1.93. The smallest absolute Gasteiger partial charge is 0.152 e. The van der Waals surface area contributed by atoms with Gasteiger partial charge in [0.25, 0.3) is 0 Å². The van der Waals surface area contributed by atoms with Crippen molar-refractivity contribution in [2.24, 2.45) is 0 Å². The maximum Gasteiger partial charge on any atom is 0.152 e. The minimum absolute atomic E-state index is 0.493. The van der Waals surface area contributed by atoms with Gasteiger partial charge >= 0.3 is 0 Å². The number of nitrogen functional groups attached to an aromatic ring is 1. The molecule has 0 radical (unpaired) electrons. The van der Waals surface area contributed by atoms with Crippen LogP contribution in [0.3, 0.4) is 0 Å². The Bertz CT molecular complexity index is 617. The van der Waals surface area contributed by atoms with Gasteiger partial charge < -0.3 is 10.6 Å². The average molecular weight is 236 g/mol. The molecule has 88 valence electrons. The minimum Gasteiger partial charge on any atom is -0.396 e. The molecule has 0 aliphatic carbocycles. The number of benzene rings is 1. The highest BCUT2D eigenvalue weighted by Gasteiger charge is 2.21. The fourth-order valence-electron chi connectivity index (χ4n) is 2.28. The van der Waals surface area contributed by atoms with Gasteiger partial charge in [-0.05, 0) is 17.2 Å². The third-order valence-corrected chi connectivity index (χ3v) is 3.16. The topological polar surface area (TPSA) is 65.9 Å². The van der Waals surface area contributed by atoms with E-state index >= 15 is 0 Å². The molecule has 2 heterocycles. The Hall–Kier alpha value is -2.54. The summed E-state index contributed by atoms with van der Waals surface area (Å²) in [5.41, 5.74) is 9.62. The maximum absolute atomic E-state index is 8.80. The molecule has 2 N–H and O–H groups in total. The highest BCUT2D eigenvalue weighted by molar-refractivity contribution is 5.66. The lowest BCUT2D eigenvalue weighted by Crippen LogP contribution is -2.17. The quantitative estimate of drug-likeness (QED) is 0.823. The van der Waals surface area contributed by atoms with E-state index in [1.165, 1.54) is 11.1 Å². The van der Waals surface area contributed by atoms with Crippen LogP contribution >= 0.6 is 0 Å². The van der Waals surface area contributed by atoms with Crippen LogP contribution in [0.2, 0.25) is 0 Å². The van der Waals surface area contributed by atoms with Gasteiger partial charge in [-0.15, -0.1) is 0 Å². The van der Waals surface area contributed by atoms with E-state index in [4.69, 9.17) is 11.0 Å². The van der Waals surface area contributed by atoms with E-state index in [9.17, 15) is 0 Å². The molecule has 2 aromatic rings. The molecule has 1 aliphatic rings. The van der Waals surface area contributed by atoms with Crippen molar-refractivity contribution in [3.8, 4) is 6.07 Å². The molecule has 18 heavy (non-hydrogen) atoms. The summed E-state index contributed by atoms with van der Waals surface area (Å²) in [6.45, 7) is 1.64. The molecule has 0 bridgehead atoms. The SMILES string of the molecule is N#Cc1cnc(N2Cc3ccccc3C2)c(N)c1. The molecule has 1 aromatic heterocycles. The van der Waals surface area contributed by atoms with Crippen LogP contribution in [0.4, 0.5) is 11.5 Å². The highest BCUT2D eigenvalue weighted by atomic mass is 15.2. The lowest BCUT2D eigenvalue weighted by Gasteiger charge is -2.18. The number of rotatable bonds is 1. The van der Waals surface area contributed by atoms with Crippen LogP contribution in [0.15, 0.2) is 36.5 Å². The van der Waals surface area contributed by atoms with Gasteiger partial charge in [0.15, 0.2) is 5.82 Å². The van der Waals surface area contributed by atoms with Crippen molar-refractivity contribution >= 4 is 11.5 Å². The fraction of sp³-hybridized carbons (Fsp3) is 0.143. The lowest BCUT2D eigenvalue weighted by molar-refractivity contribution is 0.858. The Labute approximate surface area is 105 Å². The molecule has 1 aliphatic heterocycles. The Morgan fingerprint density at radius 3 is 2.44 bits per heavy atom. The van der Waals surface area contributed by atoms with Crippen molar-refractivity contribution < 1.29 is 0 Å². The fourth-order valence-corrected chi connectivity index (χ4v) is 2.28. The zero-order valence-electron chi connectivity index (χ0n) is 9.80. The first-order valence-corrected chi connectivity index (χ1v) is 5.75. The van der Waals surface area contributed by atoms with Crippen LogP contribution in [0, 0.1) is 11.3 Å². The van der Waals surface area contributed by atoms with E-state index in [0.29, 0.717) is 11.3 Å². The van der Waals surface area contributed by atoms with Gasteiger partial charge in [-0.25, -0.2) is 4.98 Å². The lowest BCUT2D eigenvalue weighted by atomic mass is 10.1. The van der Waals surface area contributed by atoms with E-state index < -0.39 is 0 Å². The number of hydrogen-bond acceptors (Lipinski definition) is 4. The van der Waals surface area contributed by atoms with Gasteiger partial charge in [0.2, 0.25) is 0 Å². The minimum atomic E-state index is 0.493. The largest absolute Gasteiger partial charge is 0.396 e. The average Bonchev–Trinajstić information content (AvgIpc) is 2.81. The predicted molar refractivity (Wildman–Crippen MR) is 69.7 cm³/mol. The number of fused-ring (bicyclic) bond motifs is 1. The van der Waals surface area contributed by atoms with Crippen molar-refractivity contribution in [2.75, 3.05) is 10.6 Å². The maximum atomic E-state index is 8.80. The molecule has 4 nitrogen and oxygen atoms in total. The number of nitrogens with zero attached hydrogens (tertiary/aromatic N) is 3. The molecular weight excluding hydrogens is 224 g/mol. The molecular formula is C14H12N4. The van der Waals surface area contributed by atoms with Gasteiger partial charge in [-0.3, -0.25) is 0 Å². The van der Waals surface area contributed by atoms with Gasteiger partial charge in [0.05, 0.1) is 11.3 Å². The predicted octanol–water partition coefficient (Wildman–Crippen LogP) is 2.06. The van der Waals surface area contributed by atoms with Gasteiger partial charge in [0, 0.05) is 19.3 Å². The summed E-state index contributed by atoms with van der Waals surface area (Å²) in [6.07, 6.45) is 1.56. The first-order valence-electron chi connectivity index (χ1n) is 5.75. The van der Waals surface area contributed by atoms with Crippen molar-refractivity contribution in [1.29, 1.82) is 5.26 Å². The summed E-state index contributed by atoms with van der Waals surface area (Å²) in [5.74, 6) is 0.755. The van der Waals surface area contributed by atoms with Crippen molar-refractivity contribution in [3.63, 3.8) is 0 Å². The second-order valence-electron chi connectivity index (χ2n) is 4.37. The summed E-state index contributed by atoms with van der Waals surface area (Å²) >= 11 is 0. The second-order valence-corrected chi connectivity index (χ2v) is 4.37. The van der Waals surface area contributed by atoms with Gasteiger partial charge in [0.1, 0.15) is 6.07 Å². The standard InChI is InChI=1S/C14H12N4/c15-6-10-5-13(16)14(17-7-10)18-8-11-3-1-2-4-12(11)9-18/h1-5,7H,8-9,16H2. The number of nitrogens with two attached hydrogens (primary N) is 1. The molecule has 0 unspecified atom stereocenters. The van der Waals surface area contributed by atoms with Gasteiger partial charge in [-0.1, -0.05) is 24.3 Å². The van der Waals surface area contributed by atoms with Crippen molar-refractivity contribution in [3.05, 3.63) is 53.2 Å². The summed E-state index contributed by atoms with van der Waals surface area (Å²) in [4.78, 5) is 6.42. The normalized spacial score (nSPS) is 13.2. The molecule has 0 amide bonds. The van der Waals surface area contributed by atoms with E-state index in [1.807, 2.05) is 18.2 Å². The highest BCUT2D eigenvalue weighted by Crippen LogP contribution is 2.30. The van der Waals surface area contributed by atoms with E-state index in [-0.39, 0.29) is 0 Å². The van der Waals surface area contributed by atoms with Crippen LogP contribution in [0.5, 0.6) is 0 Å². The Morgan fingerprint density at radius 1 is 1.22 bits per heavy atom. The first-order chi connectivity index (χ1) is 8.78. The molecule has 0 atom stereocenters. The molecule has 0 saturated carbocycles. The van der Waals surface area contributed by atoms with E-state index in [1.54, 1.807) is 12.3 Å². The van der Waals surface area contributed by atoms with Crippen molar-refractivity contribution in [1.82, 2.24) is 4.98 Å². The second kappa shape index (κ2) is 4.04. The number of nitriles is 1. The number of aromatic nitrogens is 1. The van der Waals surface area contributed by atoms with E-state index in [0.717, 1.165) is 18.9 Å². The van der Waals surface area contributed by atoms with Crippen LogP contribution in [0.1, 0.15) is 16.7 Å². The third kappa shape index (κ3) is 1.66. The van der Waals surface area contributed by atoms with Crippen molar-refractivity contribution in [2.45, 2.75) is 13.1 Å². The number of anilines is 2. The summed E-state index contributed by atoms with van der Waals surface area (Å²) in [6, 6.07) is 12.0. The first kappa shape index (κ1) is 10.6. The molecule has 3 rings (SSSR count). The molecule has 0 saturated heterocycles. The monoisotopic (exact) mass is 236 g/mol. The molecule has 4 heteroatoms. The molecule has 1 aromatic carbocycles. The Morgan fingerprint density at radius 2 is 1.89 bits per heavy atom. The van der Waals surface area contributed by atoms with Crippen LogP contribution in [-0.2, 0) is 13.1 Å². The molecule has 0 fully saturated rings. The van der Waals surface area contributed by atoms with Crippen LogP contribution in [-0.4, -0.2) is 4.98 Å². The zero-order chi connectivity index (χ0) is 12.5. The van der Waals surface area contributed by atoms with Gasteiger partial charge in [-0.2, -0.15) is 5.26 Å². The Kier molecular flexibility index (Phi) is 2.38. The van der Waals surface area contributed by atoms with Crippen LogP contribution < -0.4 is 10.6 Å².